The number of piperidine rings is 1. The van der Waals surface area contributed by atoms with Crippen molar-refractivity contribution in [1.29, 1.82) is 0 Å². The molecule has 0 aliphatic carbocycles. The fraction of sp³-hybridized carbons (Fsp3) is 0.800. The second-order valence-corrected chi connectivity index (χ2v) is 3.71. The van der Waals surface area contributed by atoms with Gasteiger partial charge in [-0.1, -0.05) is 19.1 Å². The molecule has 2 nitrogen and oxygen atoms in total. The summed E-state index contributed by atoms with van der Waals surface area (Å²) in [5.41, 5.74) is 5.37. The minimum Gasteiger partial charge on any atom is -0.327 e. The van der Waals surface area contributed by atoms with Gasteiger partial charge in [0.15, 0.2) is 0 Å². The number of nitrogens with two attached hydrogens (primary N) is 1. The van der Waals surface area contributed by atoms with Gasteiger partial charge in [-0.05, 0) is 25.3 Å². The summed E-state index contributed by atoms with van der Waals surface area (Å²) in [5, 5.41) is 0. The molecule has 1 aliphatic rings. The summed E-state index contributed by atoms with van der Waals surface area (Å²) < 4.78 is 0. The van der Waals surface area contributed by atoms with Crippen molar-refractivity contribution in [2.45, 2.75) is 19.8 Å². The molecule has 1 atom stereocenters. The highest BCUT2D eigenvalue weighted by Gasteiger charge is 2.14. The Hall–Kier alpha value is -0.340. The van der Waals surface area contributed by atoms with Crippen LogP contribution >= 0.6 is 0 Å². The fourth-order valence-corrected chi connectivity index (χ4v) is 1.77. The number of hydrogen-bond donors (Lipinski definition) is 1. The molecule has 1 saturated heterocycles. The normalized spacial score (nSPS) is 26.7. The van der Waals surface area contributed by atoms with Crippen LogP contribution in [0, 0.1) is 5.92 Å². The van der Waals surface area contributed by atoms with E-state index in [1.54, 1.807) is 0 Å². The van der Waals surface area contributed by atoms with Crippen molar-refractivity contribution in [3.05, 3.63) is 12.2 Å². The Morgan fingerprint density at radius 3 is 3.00 bits per heavy atom. The van der Waals surface area contributed by atoms with Crippen LogP contribution in [-0.4, -0.2) is 31.1 Å². The molecule has 0 aromatic heterocycles. The Kier molecular flexibility index (Phi) is 4.33. The molecule has 1 unspecified atom stereocenters. The SMILES string of the molecule is CC1CCCN(C/C=C/CN)C1. The highest BCUT2D eigenvalue weighted by molar-refractivity contribution is 4.86. The van der Waals surface area contributed by atoms with Crippen LogP contribution in [0.2, 0.25) is 0 Å². The number of rotatable bonds is 3. The molecule has 1 aliphatic heterocycles. The van der Waals surface area contributed by atoms with E-state index in [9.17, 15) is 0 Å². The molecule has 12 heavy (non-hydrogen) atoms. The third-order valence-electron chi connectivity index (χ3n) is 2.41. The summed E-state index contributed by atoms with van der Waals surface area (Å²) in [5.74, 6) is 0.880. The Bertz CT molecular complexity index is 143. The average Bonchev–Trinajstić information content (AvgIpc) is 2.05. The molecule has 0 saturated carbocycles. The van der Waals surface area contributed by atoms with E-state index in [0.717, 1.165) is 12.5 Å². The first-order chi connectivity index (χ1) is 5.83. The first kappa shape index (κ1) is 9.75. The van der Waals surface area contributed by atoms with Crippen LogP contribution in [0.3, 0.4) is 0 Å². The van der Waals surface area contributed by atoms with Crippen LogP contribution in [0.4, 0.5) is 0 Å². The highest BCUT2D eigenvalue weighted by atomic mass is 15.1. The van der Waals surface area contributed by atoms with Crippen LogP contribution in [-0.2, 0) is 0 Å². The van der Waals surface area contributed by atoms with Crippen molar-refractivity contribution in [3.63, 3.8) is 0 Å². The maximum atomic E-state index is 5.37. The predicted octanol–water partition coefficient (Wildman–Crippen LogP) is 1.23. The fourth-order valence-electron chi connectivity index (χ4n) is 1.77. The van der Waals surface area contributed by atoms with Crippen molar-refractivity contribution in [2.24, 2.45) is 11.7 Å². The van der Waals surface area contributed by atoms with E-state index < -0.39 is 0 Å². The van der Waals surface area contributed by atoms with Gasteiger partial charge in [0.05, 0.1) is 0 Å². The van der Waals surface area contributed by atoms with Crippen molar-refractivity contribution in [3.8, 4) is 0 Å². The zero-order valence-electron chi connectivity index (χ0n) is 8.00. The number of nitrogens with zero attached hydrogens (tertiary/aromatic N) is 1. The molecule has 2 N–H and O–H groups in total. The molecule has 0 spiro atoms. The summed E-state index contributed by atoms with van der Waals surface area (Å²) in [6, 6.07) is 0. The monoisotopic (exact) mass is 168 g/mol. The van der Waals surface area contributed by atoms with Crippen LogP contribution in [0.5, 0.6) is 0 Å². The Morgan fingerprint density at radius 1 is 1.50 bits per heavy atom. The Morgan fingerprint density at radius 2 is 2.33 bits per heavy atom. The van der Waals surface area contributed by atoms with E-state index in [0.29, 0.717) is 6.54 Å². The van der Waals surface area contributed by atoms with E-state index in [4.69, 9.17) is 5.73 Å². The van der Waals surface area contributed by atoms with Crippen LogP contribution < -0.4 is 5.73 Å². The predicted molar refractivity (Wildman–Crippen MR) is 53.0 cm³/mol. The van der Waals surface area contributed by atoms with E-state index in [1.807, 2.05) is 6.08 Å². The second kappa shape index (κ2) is 5.33. The van der Waals surface area contributed by atoms with Gasteiger partial charge in [-0.15, -0.1) is 0 Å². The average molecular weight is 168 g/mol. The summed E-state index contributed by atoms with van der Waals surface area (Å²) in [4.78, 5) is 2.50. The molecule has 1 heterocycles. The summed E-state index contributed by atoms with van der Waals surface area (Å²) >= 11 is 0. The quantitative estimate of drug-likeness (QED) is 0.642. The largest absolute Gasteiger partial charge is 0.327 e. The lowest BCUT2D eigenvalue weighted by atomic mass is 10.0. The van der Waals surface area contributed by atoms with Gasteiger partial charge in [0.25, 0.3) is 0 Å². The van der Waals surface area contributed by atoms with Gasteiger partial charge in [-0.3, -0.25) is 4.90 Å². The molecule has 70 valence electrons. The first-order valence-electron chi connectivity index (χ1n) is 4.90. The lowest BCUT2D eigenvalue weighted by Crippen LogP contribution is -2.34. The smallest absolute Gasteiger partial charge is 0.0163 e. The van der Waals surface area contributed by atoms with Gasteiger partial charge in [-0.2, -0.15) is 0 Å². The van der Waals surface area contributed by atoms with Gasteiger partial charge < -0.3 is 5.73 Å². The van der Waals surface area contributed by atoms with Gasteiger partial charge in [-0.25, -0.2) is 0 Å². The van der Waals surface area contributed by atoms with Gasteiger partial charge in [0, 0.05) is 19.6 Å². The minimum absolute atomic E-state index is 0.670. The number of likely N-dealkylation sites (tertiary alicyclic amines) is 1. The van der Waals surface area contributed by atoms with E-state index in [2.05, 4.69) is 17.9 Å². The highest BCUT2D eigenvalue weighted by Crippen LogP contribution is 2.14. The maximum absolute atomic E-state index is 5.37. The molecule has 0 aromatic carbocycles. The third kappa shape index (κ3) is 3.37. The Balaban J connectivity index is 2.18. The second-order valence-electron chi connectivity index (χ2n) is 3.71. The lowest BCUT2D eigenvalue weighted by Gasteiger charge is -2.29. The van der Waals surface area contributed by atoms with Crippen LogP contribution in [0.25, 0.3) is 0 Å². The minimum atomic E-state index is 0.670. The van der Waals surface area contributed by atoms with Crippen LogP contribution in [0.15, 0.2) is 12.2 Å². The van der Waals surface area contributed by atoms with Gasteiger partial charge in [0.2, 0.25) is 0 Å². The molecule has 0 aromatic rings. The first-order valence-corrected chi connectivity index (χ1v) is 4.90. The van der Waals surface area contributed by atoms with E-state index in [1.165, 1.54) is 25.9 Å². The molecular weight excluding hydrogens is 148 g/mol. The van der Waals surface area contributed by atoms with Crippen molar-refractivity contribution >= 4 is 0 Å². The van der Waals surface area contributed by atoms with Gasteiger partial charge >= 0.3 is 0 Å². The zero-order valence-corrected chi connectivity index (χ0v) is 8.00. The van der Waals surface area contributed by atoms with E-state index >= 15 is 0 Å². The Labute approximate surface area is 75.4 Å². The maximum Gasteiger partial charge on any atom is 0.0163 e. The molecular formula is C10H20N2. The third-order valence-corrected chi connectivity index (χ3v) is 2.41. The molecule has 2 heteroatoms. The van der Waals surface area contributed by atoms with Gasteiger partial charge in [0.1, 0.15) is 0 Å². The lowest BCUT2D eigenvalue weighted by molar-refractivity contribution is 0.201. The summed E-state index contributed by atoms with van der Waals surface area (Å²) in [7, 11) is 0. The molecule has 0 amide bonds. The van der Waals surface area contributed by atoms with E-state index in [-0.39, 0.29) is 0 Å². The molecule has 0 bridgehead atoms. The standard InChI is InChI=1S/C10H20N2/c1-10-5-4-8-12(9-10)7-3-2-6-11/h2-3,10H,4-9,11H2,1H3/b3-2+. The number of hydrogen-bond acceptors (Lipinski definition) is 2. The zero-order chi connectivity index (χ0) is 8.81. The van der Waals surface area contributed by atoms with Crippen LogP contribution in [0.1, 0.15) is 19.8 Å². The summed E-state index contributed by atoms with van der Waals surface area (Å²) in [6.45, 7) is 6.61. The van der Waals surface area contributed by atoms with Crippen molar-refractivity contribution in [2.75, 3.05) is 26.2 Å². The topological polar surface area (TPSA) is 29.3 Å². The van der Waals surface area contributed by atoms with Crippen molar-refractivity contribution in [1.82, 2.24) is 4.90 Å². The molecule has 1 fully saturated rings. The summed E-state index contributed by atoms with van der Waals surface area (Å²) in [6.07, 6.45) is 6.98. The molecule has 1 rings (SSSR count). The molecule has 0 radical (unpaired) electrons. The van der Waals surface area contributed by atoms with Crippen molar-refractivity contribution < 1.29 is 0 Å².